The van der Waals surface area contributed by atoms with E-state index >= 15 is 0 Å². The van der Waals surface area contributed by atoms with E-state index in [9.17, 15) is 9.59 Å². The summed E-state index contributed by atoms with van der Waals surface area (Å²) in [7, 11) is 0. The molecule has 21 heavy (non-hydrogen) atoms. The molecule has 1 aromatic carbocycles. The molecule has 112 valence electrons. The summed E-state index contributed by atoms with van der Waals surface area (Å²) in [5.74, 6) is -0.198. The third-order valence-corrected chi connectivity index (χ3v) is 4.19. The predicted molar refractivity (Wildman–Crippen MR) is 85.8 cm³/mol. The van der Waals surface area contributed by atoms with Crippen molar-refractivity contribution in [2.24, 2.45) is 5.73 Å². The quantitative estimate of drug-likeness (QED) is 0.497. The Morgan fingerprint density at radius 3 is 2.57 bits per heavy atom. The zero-order chi connectivity index (χ0) is 15.5. The highest BCUT2D eigenvalue weighted by atomic mass is 32.1. The number of amides is 2. The summed E-state index contributed by atoms with van der Waals surface area (Å²) in [6.07, 6.45) is 2.43. The summed E-state index contributed by atoms with van der Waals surface area (Å²) < 4.78 is 0. The number of hydrogen-bond acceptors (Lipinski definition) is 3. The minimum Gasteiger partial charge on any atom is -0.393 e. The van der Waals surface area contributed by atoms with Crippen molar-refractivity contribution in [3.05, 3.63) is 35.9 Å². The van der Waals surface area contributed by atoms with Crippen LogP contribution in [-0.2, 0) is 15.0 Å². The lowest BCUT2D eigenvalue weighted by Gasteiger charge is -2.22. The summed E-state index contributed by atoms with van der Waals surface area (Å²) in [6.45, 7) is 2.29. The Morgan fingerprint density at radius 2 is 1.95 bits per heavy atom. The molecular weight excluding hydrogens is 284 g/mol. The van der Waals surface area contributed by atoms with Crippen LogP contribution in [0.1, 0.15) is 38.2 Å². The van der Waals surface area contributed by atoms with Crippen molar-refractivity contribution in [2.45, 2.75) is 38.0 Å². The summed E-state index contributed by atoms with van der Waals surface area (Å²) in [5, 5.41) is 0. The monoisotopic (exact) mass is 304 g/mol. The van der Waals surface area contributed by atoms with E-state index in [-0.39, 0.29) is 18.2 Å². The normalized spacial score (nSPS) is 21.9. The maximum absolute atomic E-state index is 12.6. The molecule has 1 unspecified atom stereocenters. The lowest BCUT2D eigenvalue weighted by atomic mass is 9.81. The van der Waals surface area contributed by atoms with Gasteiger partial charge in [0.25, 0.3) is 0 Å². The van der Waals surface area contributed by atoms with Gasteiger partial charge in [-0.3, -0.25) is 14.5 Å². The van der Waals surface area contributed by atoms with Crippen molar-refractivity contribution >= 4 is 29.0 Å². The van der Waals surface area contributed by atoms with Crippen LogP contribution in [0.4, 0.5) is 0 Å². The van der Waals surface area contributed by atoms with Gasteiger partial charge in [-0.05, 0) is 31.7 Å². The third kappa shape index (κ3) is 3.29. The number of rotatable bonds is 6. The molecule has 1 atom stereocenters. The maximum atomic E-state index is 12.6. The van der Waals surface area contributed by atoms with Crippen LogP contribution in [0.3, 0.4) is 0 Å². The Balaban J connectivity index is 2.04. The van der Waals surface area contributed by atoms with E-state index in [4.69, 9.17) is 18.0 Å². The molecule has 1 aliphatic rings. The molecule has 0 aromatic heterocycles. The molecule has 0 aliphatic carbocycles. The standard InChI is InChI=1S/C16H20N2O2S/c1-16(12-7-3-2-4-8-12)11-14(19)18(15(16)20)10-6-5-9-13(17)21/h2-4,7-8H,5-6,9-11H2,1H3,(H2,17,21). The van der Waals surface area contributed by atoms with Crippen molar-refractivity contribution in [1.29, 1.82) is 0 Å². The highest BCUT2D eigenvalue weighted by Gasteiger charge is 2.48. The van der Waals surface area contributed by atoms with Gasteiger partial charge in [-0.1, -0.05) is 42.5 Å². The van der Waals surface area contributed by atoms with Gasteiger partial charge in [-0.2, -0.15) is 0 Å². The second-order valence-electron chi connectivity index (χ2n) is 5.65. The minimum absolute atomic E-state index is 0.0957. The molecule has 0 bridgehead atoms. The average Bonchev–Trinajstić information content (AvgIpc) is 2.68. The van der Waals surface area contributed by atoms with Gasteiger partial charge in [0.1, 0.15) is 0 Å². The van der Waals surface area contributed by atoms with Crippen LogP contribution in [0, 0.1) is 0 Å². The molecule has 1 aromatic rings. The smallest absolute Gasteiger partial charge is 0.240 e. The largest absolute Gasteiger partial charge is 0.393 e. The first-order valence-electron chi connectivity index (χ1n) is 7.14. The Morgan fingerprint density at radius 1 is 1.29 bits per heavy atom. The molecule has 2 rings (SSSR count). The van der Waals surface area contributed by atoms with E-state index < -0.39 is 5.41 Å². The fraction of sp³-hybridized carbons (Fsp3) is 0.438. The molecule has 1 aliphatic heterocycles. The molecule has 2 N–H and O–H groups in total. The first kappa shape index (κ1) is 15.6. The summed E-state index contributed by atoms with van der Waals surface area (Å²) in [5.41, 5.74) is 5.61. The van der Waals surface area contributed by atoms with E-state index in [1.165, 1.54) is 4.90 Å². The van der Waals surface area contributed by atoms with Gasteiger partial charge < -0.3 is 5.73 Å². The van der Waals surface area contributed by atoms with Crippen LogP contribution < -0.4 is 5.73 Å². The summed E-state index contributed by atoms with van der Waals surface area (Å²) in [6, 6.07) is 9.50. The number of nitrogens with two attached hydrogens (primary N) is 1. The molecule has 4 nitrogen and oxygen atoms in total. The predicted octanol–water partition coefficient (Wildman–Crippen LogP) is 2.16. The molecule has 2 amide bonds. The van der Waals surface area contributed by atoms with E-state index in [0.29, 0.717) is 18.0 Å². The van der Waals surface area contributed by atoms with Gasteiger partial charge in [0.2, 0.25) is 11.8 Å². The van der Waals surface area contributed by atoms with Gasteiger partial charge in [-0.15, -0.1) is 0 Å². The SMILES string of the molecule is CC1(c2ccccc2)CC(=O)N(CCCCC(N)=S)C1=O. The van der Waals surface area contributed by atoms with Crippen LogP contribution >= 0.6 is 12.2 Å². The average molecular weight is 304 g/mol. The Kier molecular flexibility index (Phi) is 4.73. The van der Waals surface area contributed by atoms with Crippen molar-refractivity contribution in [2.75, 3.05) is 6.54 Å². The molecule has 0 saturated carbocycles. The Labute approximate surface area is 130 Å². The van der Waals surface area contributed by atoms with E-state index in [1.54, 1.807) is 0 Å². The zero-order valence-corrected chi connectivity index (χ0v) is 13.0. The fourth-order valence-corrected chi connectivity index (χ4v) is 2.86. The van der Waals surface area contributed by atoms with Crippen LogP contribution in [0.5, 0.6) is 0 Å². The number of nitrogens with zero attached hydrogens (tertiary/aromatic N) is 1. The molecule has 1 saturated heterocycles. The Hall–Kier alpha value is -1.75. The number of hydrogen-bond donors (Lipinski definition) is 1. The van der Waals surface area contributed by atoms with Crippen molar-refractivity contribution in [3.8, 4) is 0 Å². The minimum atomic E-state index is -0.735. The Bertz CT molecular complexity index is 559. The van der Waals surface area contributed by atoms with Gasteiger partial charge in [0, 0.05) is 13.0 Å². The van der Waals surface area contributed by atoms with Gasteiger partial charge in [-0.25, -0.2) is 0 Å². The first-order valence-corrected chi connectivity index (χ1v) is 7.54. The number of unbranched alkanes of at least 4 members (excludes halogenated alkanes) is 1. The van der Waals surface area contributed by atoms with E-state index in [1.807, 2.05) is 37.3 Å². The number of carbonyl (C=O) groups is 2. The molecule has 1 fully saturated rings. The number of likely N-dealkylation sites (tertiary alicyclic amines) is 1. The van der Waals surface area contributed by atoms with Gasteiger partial charge >= 0.3 is 0 Å². The van der Waals surface area contributed by atoms with Crippen LogP contribution in [-0.4, -0.2) is 28.2 Å². The molecular formula is C16H20N2O2S. The highest BCUT2D eigenvalue weighted by Crippen LogP contribution is 2.36. The van der Waals surface area contributed by atoms with E-state index in [0.717, 1.165) is 18.4 Å². The van der Waals surface area contributed by atoms with E-state index in [2.05, 4.69) is 0 Å². The van der Waals surface area contributed by atoms with Crippen molar-refractivity contribution < 1.29 is 9.59 Å². The second-order valence-corrected chi connectivity index (χ2v) is 6.17. The van der Waals surface area contributed by atoms with Crippen molar-refractivity contribution in [1.82, 2.24) is 4.90 Å². The van der Waals surface area contributed by atoms with Gasteiger partial charge in [0.05, 0.1) is 10.4 Å². The summed E-state index contributed by atoms with van der Waals surface area (Å²) >= 11 is 4.82. The lowest BCUT2D eigenvalue weighted by Crippen LogP contribution is -2.37. The van der Waals surface area contributed by atoms with Gasteiger partial charge in [0.15, 0.2) is 0 Å². The lowest BCUT2D eigenvalue weighted by molar-refractivity contribution is -0.139. The number of imide groups is 1. The fourth-order valence-electron chi connectivity index (χ4n) is 2.71. The number of carbonyl (C=O) groups excluding carboxylic acids is 2. The van der Waals surface area contributed by atoms with Crippen molar-refractivity contribution in [3.63, 3.8) is 0 Å². The molecule has 5 heteroatoms. The number of thiocarbonyl (C=S) groups is 1. The first-order chi connectivity index (χ1) is 9.95. The third-order valence-electron chi connectivity index (χ3n) is 3.99. The maximum Gasteiger partial charge on any atom is 0.240 e. The molecule has 1 heterocycles. The number of benzene rings is 1. The zero-order valence-electron chi connectivity index (χ0n) is 12.2. The van der Waals surface area contributed by atoms with Crippen LogP contribution in [0.15, 0.2) is 30.3 Å². The summed E-state index contributed by atoms with van der Waals surface area (Å²) in [4.78, 5) is 26.6. The van der Waals surface area contributed by atoms with Crippen LogP contribution in [0.2, 0.25) is 0 Å². The topological polar surface area (TPSA) is 63.4 Å². The van der Waals surface area contributed by atoms with Crippen LogP contribution in [0.25, 0.3) is 0 Å². The highest BCUT2D eigenvalue weighted by molar-refractivity contribution is 7.80. The molecule has 0 radical (unpaired) electrons. The molecule has 0 spiro atoms. The second kappa shape index (κ2) is 6.35.